The number of benzene rings is 1. The molecule has 10 nitrogen and oxygen atoms in total. The molecule has 216 valence electrons. The fourth-order valence-electron chi connectivity index (χ4n) is 5.19. The molecule has 1 aliphatic carbocycles. The van der Waals surface area contributed by atoms with Crippen LogP contribution in [0.1, 0.15) is 44.4 Å². The molecule has 2 atom stereocenters. The number of anilines is 2. The molecule has 0 saturated carbocycles. The Morgan fingerprint density at radius 3 is 2.39 bits per heavy atom. The SMILES string of the molecule is COc1cc2c(c(OC)c1OC)-c1ccc(N[C@H](C(=O)Nc3cccnc3)C(C)C)c(=O)cc1[C@@H](NC(C)=O)CC2. The monoisotopic (exact) mass is 560 g/mol. The van der Waals surface area contributed by atoms with E-state index in [0.29, 0.717) is 46.9 Å². The number of carbonyl (C=O) groups excluding carboxylic acids is 2. The quantitative estimate of drug-likeness (QED) is 0.353. The summed E-state index contributed by atoms with van der Waals surface area (Å²) >= 11 is 0. The lowest BCUT2D eigenvalue weighted by Crippen LogP contribution is -2.39. The molecule has 0 spiro atoms. The van der Waals surface area contributed by atoms with Crippen molar-refractivity contribution >= 4 is 23.2 Å². The molecule has 0 saturated heterocycles. The van der Waals surface area contributed by atoms with E-state index < -0.39 is 12.1 Å². The molecule has 0 aliphatic heterocycles. The second-order valence-electron chi connectivity index (χ2n) is 10.2. The van der Waals surface area contributed by atoms with E-state index in [1.165, 1.54) is 20.1 Å². The second kappa shape index (κ2) is 12.7. The zero-order valence-corrected chi connectivity index (χ0v) is 24.2. The lowest BCUT2D eigenvalue weighted by molar-refractivity contribution is -0.120. The summed E-state index contributed by atoms with van der Waals surface area (Å²) in [5, 5.41) is 9.03. The topological polar surface area (TPSA) is 128 Å². The van der Waals surface area contributed by atoms with Gasteiger partial charge in [-0.25, -0.2) is 0 Å². The number of aryl methyl sites for hydroxylation is 1. The summed E-state index contributed by atoms with van der Waals surface area (Å²) in [5.74, 6) is 0.777. The van der Waals surface area contributed by atoms with Gasteiger partial charge in [-0.3, -0.25) is 19.4 Å². The van der Waals surface area contributed by atoms with Crippen molar-refractivity contribution in [2.24, 2.45) is 5.92 Å². The Kier molecular flexibility index (Phi) is 9.11. The Labute approximate surface area is 239 Å². The smallest absolute Gasteiger partial charge is 0.247 e. The molecular weight excluding hydrogens is 524 g/mol. The van der Waals surface area contributed by atoms with Gasteiger partial charge < -0.3 is 30.2 Å². The van der Waals surface area contributed by atoms with E-state index in [-0.39, 0.29) is 28.8 Å². The van der Waals surface area contributed by atoms with Crippen LogP contribution in [0.3, 0.4) is 0 Å². The maximum absolute atomic E-state index is 13.7. The van der Waals surface area contributed by atoms with Gasteiger partial charge in [-0.15, -0.1) is 0 Å². The molecule has 0 radical (unpaired) electrons. The number of fused-ring (bicyclic) bond motifs is 3. The second-order valence-corrected chi connectivity index (χ2v) is 10.2. The molecule has 1 aromatic heterocycles. The molecule has 0 bridgehead atoms. The molecule has 10 heteroatoms. The van der Waals surface area contributed by atoms with Crippen LogP contribution < -0.4 is 35.6 Å². The minimum atomic E-state index is -0.706. The van der Waals surface area contributed by atoms with Crippen LogP contribution in [0.4, 0.5) is 11.4 Å². The third-order valence-electron chi connectivity index (χ3n) is 7.11. The van der Waals surface area contributed by atoms with Crippen molar-refractivity contribution in [1.82, 2.24) is 10.3 Å². The Morgan fingerprint density at radius 1 is 1.02 bits per heavy atom. The number of nitrogens with zero attached hydrogens (tertiary/aromatic N) is 1. The van der Waals surface area contributed by atoms with Crippen LogP contribution in [0.15, 0.2) is 53.6 Å². The Hall–Kier alpha value is -4.60. The van der Waals surface area contributed by atoms with Gasteiger partial charge >= 0.3 is 0 Å². The van der Waals surface area contributed by atoms with Gasteiger partial charge in [0.05, 0.1) is 44.9 Å². The normalized spacial score (nSPS) is 14.6. The van der Waals surface area contributed by atoms with Crippen LogP contribution in [0, 0.1) is 5.92 Å². The summed E-state index contributed by atoms with van der Waals surface area (Å²) in [5.41, 5.74) is 3.53. The van der Waals surface area contributed by atoms with Crippen LogP contribution >= 0.6 is 0 Å². The van der Waals surface area contributed by atoms with Gasteiger partial charge in [0, 0.05) is 18.7 Å². The van der Waals surface area contributed by atoms with Crippen LogP contribution in [0.2, 0.25) is 0 Å². The average Bonchev–Trinajstić information content (AvgIpc) is 3.19. The third kappa shape index (κ3) is 6.26. The first-order valence-corrected chi connectivity index (χ1v) is 13.4. The van der Waals surface area contributed by atoms with Crippen LogP contribution in [0.25, 0.3) is 11.1 Å². The van der Waals surface area contributed by atoms with E-state index in [9.17, 15) is 14.4 Å². The average molecular weight is 561 g/mol. The van der Waals surface area contributed by atoms with E-state index in [4.69, 9.17) is 14.2 Å². The molecule has 1 aliphatic rings. The zero-order chi connectivity index (χ0) is 29.7. The van der Waals surface area contributed by atoms with Gasteiger partial charge in [0.2, 0.25) is 23.0 Å². The number of rotatable bonds is 9. The van der Waals surface area contributed by atoms with Gasteiger partial charge in [-0.2, -0.15) is 0 Å². The van der Waals surface area contributed by atoms with Gasteiger partial charge in [-0.1, -0.05) is 19.9 Å². The van der Waals surface area contributed by atoms with Crippen molar-refractivity contribution in [3.8, 4) is 28.4 Å². The maximum Gasteiger partial charge on any atom is 0.247 e. The predicted molar refractivity (Wildman–Crippen MR) is 158 cm³/mol. The molecule has 3 N–H and O–H groups in total. The highest BCUT2D eigenvalue weighted by Crippen LogP contribution is 2.50. The summed E-state index contributed by atoms with van der Waals surface area (Å²) in [6.45, 7) is 5.25. The third-order valence-corrected chi connectivity index (χ3v) is 7.11. The summed E-state index contributed by atoms with van der Waals surface area (Å²) in [6.07, 6.45) is 4.33. The standard InChI is InChI=1S/C31H36N4O6/c1-17(2)28(31(38)34-20-8-7-13-32-16-20)35-24-12-10-21-22(15-25(24)37)23(33-18(3)36)11-9-19-14-26(39-4)29(40-5)30(41-6)27(19)21/h7-8,10,12-17,23,28H,9,11H2,1-6H3,(H,33,36)(H,34,38)(H,35,37)/t23-,28-/m0/s1. The lowest BCUT2D eigenvalue weighted by atomic mass is 9.95. The number of hydrogen-bond donors (Lipinski definition) is 3. The van der Waals surface area contributed by atoms with E-state index in [1.54, 1.807) is 44.8 Å². The maximum atomic E-state index is 13.7. The molecule has 2 amide bonds. The number of ether oxygens (including phenoxy) is 3. The number of methoxy groups -OCH3 is 3. The first-order valence-electron chi connectivity index (χ1n) is 13.4. The van der Waals surface area contributed by atoms with Gasteiger partial charge in [0.15, 0.2) is 11.5 Å². The largest absolute Gasteiger partial charge is 0.493 e. The van der Waals surface area contributed by atoms with Crippen molar-refractivity contribution < 1.29 is 23.8 Å². The van der Waals surface area contributed by atoms with E-state index in [2.05, 4.69) is 20.9 Å². The molecular formula is C31H36N4O6. The molecule has 2 aromatic carbocycles. The number of hydrogen-bond acceptors (Lipinski definition) is 8. The molecule has 1 heterocycles. The minimum Gasteiger partial charge on any atom is -0.493 e. The van der Waals surface area contributed by atoms with Gasteiger partial charge in [0.25, 0.3) is 0 Å². The highest BCUT2D eigenvalue weighted by atomic mass is 16.5. The Balaban J connectivity index is 1.86. The van der Waals surface area contributed by atoms with E-state index in [1.807, 2.05) is 26.0 Å². The fraction of sp³-hybridized carbons (Fsp3) is 0.355. The van der Waals surface area contributed by atoms with Gasteiger partial charge in [0.1, 0.15) is 6.04 Å². The number of nitrogens with one attached hydrogen (secondary N) is 3. The first kappa shape index (κ1) is 29.4. The van der Waals surface area contributed by atoms with Crippen molar-refractivity contribution in [2.45, 2.75) is 45.7 Å². The minimum absolute atomic E-state index is 0.140. The Morgan fingerprint density at radius 2 is 1.78 bits per heavy atom. The molecule has 0 fully saturated rings. The van der Waals surface area contributed by atoms with Crippen molar-refractivity contribution in [3.63, 3.8) is 0 Å². The molecule has 3 aromatic rings. The van der Waals surface area contributed by atoms with E-state index >= 15 is 0 Å². The fourth-order valence-corrected chi connectivity index (χ4v) is 5.19. The number of carbonyl (C=O) groups is 2. The summed E-state index contributed by atoms with van der Waals surface area (Å²) < 4.78 is 17.1. The van der Waals surface area contributed by atoms with Crippen molar-refractivity contribution in [1.29, 1.82) is 0 Å². The summed E-state index contributed by atoms with van der Waals surface area (Å²) in [7, 11) is 4.65. The lowest BCUT2D eigenvalue weighted by Gasteiger charge is -2.22. The van der Waals surface area contributed by atoms with Crippen LogP contribution in [-0.2, 0) is 16.0 Å². The number of aromatic nitrogens is 1. The number of pyridine rings is 1. The van der Waals surface area contributed by atoms with E-state index in [0.717, 1.165) is 11.1 Å². The highest BCUT2D eigenvalue weighted by Gasteiger charge is 2.30. The molecule has 0 unspecified atom stereocenters. The Bertz CT molecular complexity index is 1490. The summed E-state index contributed by atoms with van der Waals surface area (Å²) in [4.78, 5) is 43.1. The summed E-state index contributed by atoms with van der Waals surface area (Å²) in [6, 6.07) is 9.26. The highest BCUT2D eigenvalue weighted by molar-refractivity contribution is 5.96. The van der Waals surface area contributed by atoms with Crippen LogP contribution in [-0.4, -0.2) is 44.2 Å². The first-order chi connectivity index (χ1) is 19.7. The van der Waals surface area contributed by atoms with Gasteiger partial charge in [-0.05, 0) is 65.8 Å². The van der Waals surface area contributed by atoms with Crippen molar-refractivity contribution in [3.05, 3.63) is 70.1 Å². The molecule has 4 rings (SSSR count). The number of amides is 2. The zero-order valence-electron chi connectivity index (χ0n) is 24.2. The van der Waals surface area contributed by atoms with Crippen molar-refractivity contribution in [2.75, 3.05) is 32.0 Å². The molecule has 41 heavy (non-hydrogen) atoms. The van der Waals surface area contributed by atoms with Crippen LogP contribution in [0.5, 0.6) is 17.2 Å². The predicted octanol–water partition coefficient (Wildman–Crippen LogP) is 4.33.